The third kappa shape index (κ3) is 4.47. The summed E-state index contributed by atoms with van der Waals surface area (Å²) in [5.74, 6) is -0.381. The van der Waals surface area contributed by atoms with Gasteiger partial charge in [-0.05, 0) is 42.2 Å². The molecule has 0 aliphatic carbocycles. The maximum absolute atomic E-state index is 13.2. The Balaban J connectivity index is 1.75. The van der Waals surface area contributed by atoms with Gasteiger partial charge in [0.05, 0.1) is 5.56 Å². The summed E-state index contributed by atoms with van der Waals surface area (Å²) in [5, 5.41) is 5.89. The first kappa shape index (κ1) is 18.5. The van der Waals surface area contributed by atoms with Crippen LogP contribution >= 0.6 is 0 Å². The highest BCUT2D eigenvalue weighted by Crippen LogP contribution is 2.25. The van der Waals surface area contributed by atoms with Crippen molar-refractivity contribution in [3.05, 3.63) is 77.4 Å². The molecular weight excluding hydrogens is 343 g/mol. The maximum atomic E-state index is 13.2. The molecule has 2 N–H and O–H groups in total. The summed E-state index contributed by atoms with van der Waals surface area (Å²) < 4.78 is 13.2. The number of carbonyl (C=O) groups excluding carboxylic acids is 1. The Bertz CT molecular complexity index is 919. The van der Waals surface area contributed by atoms with Crippen LogP contribution < -0.4 is 10.6 Å². The molecule has 6 heteroatoms. The van der Waals surface area contributed by atoms with E-state index in [-0.39, 0.29) is 0 Å². The zero-order valence-corrected chi connectivity index (χ0v) is 15.3. The molecule has 0 saturated carbocycles. The van der Waals surface area contributed by atoms with Crippen molar-refractivity contribution in [3.63, 3.8) is 0 Å². The smallest absolute Gasteiger partial charge is 0.258 e. The number of nitrogens with zero attached hydrogens (tertiary/aromatic N) is 2. The molecule has 138 valence electrons. The number of para-hydroxylation sites is 1. The van der Waals surface area contributed by atoms with Gasteiger partial charge in [0.1, 0.15) is 5.82 Å². The van der Waals surface area contributed by atoms with Crippen LogP contribution in [0.3, 0.4) is 0 Å². The van der Waals surface area contributed by atoms with E-state index >= 15 is 0 Å². The molecule has 2 aromatic carbocycles. The lowest BCUT2D eigenvalue weighted by molar-refractivity contribution is 0.102. The van der Waals surface area contributed by atoms with Crippen LogP contribution in [-0.2, 0) is 12.8 Å². The van der Waals surface area contributed by atoms with Gasteiger partial charge in [0.25, 0.3) is 5.91 Å². The van der Waals surface area contributed by atoms with E-state index in [0.717, 1.165) is 18.5 Å². The molecule has 27 heavy (non-hydrogen) atoms. The molecule has 0 unspecified atom stereocenters. The Hall–Kier alpha value is -3.28. The van der Waals surface area contributed by atoms with E-state index in [1.807, 2.05) is 6.07 Å². The summed E-state index contributed by atoms with van der Waals surface area (Å²) >= 11 is 0. The minimum absolute atomic E-state index is 0.296. The standard InChI is InChI=1S/C21H21FN4O/c1-3-14-7-5-8-15(4-2)19(14)26-21-23-12-16(13-24-21)20(27)25-18-10-6-9-17(22)11-18/h5-13H,3-4H2,1-2H3,(H,25,27)(H,23,24,26). The molecule has 0 aliphatic heterocycles. The Morgan fingerprint density at radius 3 is 2.22 bits per heavy atom. The van der Waals surface area contributed by atoms with Crippen molar-refractivity contribution in [1.29, 1.82) is 0 Å². The van der Waals surface area contributed by atoms with Gasteiger partial charge < -0.3 is 10.6 Å². The maximum Gasteiger partial charge on any atom is 0.258 e. The molecular formula is C21H21FN4O. The highest BCUT2D eigenvalue weighted by molar-refractivity contribution is 6.03. The number of aryl methyl sites for hydroxylation is 2. The van der Waals surface area contributed by atoms with E-state index in [0.29, 0.717) is 17.2 Å². The van der Waals surface area contributed by atoms with Gasteiger partial charge in [0.15, 0.2) is 0 Å². The second kappa shape index (κ2) is 8.40. The van der Waals surface area contributed by atoms with Crippen molar-refractivity contribution in [2.45, 2.75) is 26.7 Å². The van der Waals surface area contributed by atoms with Crippen LogP contribution in [0.1, 0.15) is 35.3 Å². The third-order valence-corrected chi connectivity index (χ3v) is 4.23. The van der Waals surface area contributed by atoms with Crippen LogP contribution in [0.15, 0.2) is 54.9 Å². The first-order chi connectivity index (χ1) is 13.1. The molecule has 5 nitrogen and oxygen atoms in total. The lowest BCUT2D eigenvalue weighted by Gasteiger charge is -2.14. The van der Waals surface area contributed by atoms with Gasteiger partial charge in [-0.3, -0.25) is 4.79 Å². The largest absolute Gasteiger partial charge is 0.324 e. The van der Waals surface area contributed by atoms with E-state index in [1.165, 1.54) is 41.7 Å². The molecule has 3 rings (SSSR count). The molecule has 1 amide bonds. The highest BCUT2D eigenvalue weighted by atomic mass is 19.1. The predicted molar refractivity (Wildman–Crippen MR) is 105 cm³/mol. The summed E-state index contributed by atoms with van der Waals surface area (Å²) in [5.41, 5.74) is 4.06. The van der Waals surface area contributed by atoms with Gasteiger partial charge in [-0.15, -0.1) is 0 Å². The molecule has 0 atom stereocenters. The van der Waals surface area contributed by atoms with Crippen molar-refractivity contribution >= 4 is 23.2 Å². The summed E-state index contributed by atoms with van der Waals surface area (Å²) in [7, 11) is 0. The number of rotatable bonds is 6. The van der Waals surface area contributed by atoms with E-state index in [2.05, 4.69) is 46.6 Å². The fraction of sp³-hybridized carbons (Fsp3) is 0.190. The number of hydrogen-bond donors (Lipinski definition) is 2. The van der Waals surface area contributed by atoms with Crippen LogP contribution in [-0.4, -0.2) is 15.9 Å². The first-order valence-corrected chi connectivity index (χ1v) is 8.87. The van der Waals surface area contributed by atoms with Gasteiger partial charge >= 0.3 is 0 Å². The fourth-order valence-corrected chi connectivity index (χ4v) is 2.79. The van der Waals surface area contributed by atoms with E-state index in [9.17, 15) is 9.18 Å². The van der Waals surface area contributed by atoms with Gasteiger partial charge in [-0.2, -0.15) is 0 Å². The Labute approximate surface area is 157 Å². The minimum atomic E-state index is -0.412. The van der Waals surface area contributed by atoms with Crippen LogP contribution in [0, 0.1) is 5.82 Å². The van der Waals surface area contributed by atoms with Crippen molar-refractivity contribution in [2.75, 3.05) is 10.6 Å². The zero-order chi connectivity index (χ0) is 19.2. The van der Waals surface area contributed by atoms with Crippen LogP contribution in [0.2, 0.25) is 0 Å². The highest BCUT2D eigenvalue weighted by Gasteiger charge is 2.11. The van der Waals surface area contributed by atoms with Gasteiger partial charge in [0, 0.05) is 23.8 Å². The number of halogens is 1. The number of aromatic nitrogens is 2. The quantitative estimate of drug-likeness (QED) is 0.663. The monoisotopic (exact) mass is 364 g/mol. The zero-order valence-electron chi connectivity index (χ0n) is 15.3. The van der Waals surface area contributed by atoms with Gasteiger partial charge in [-0.1, -0.05) is 38.1 Å². The average Bonchev–Trinajstić information content (AvgIpc) is 2.68. The molecule has 1 aromatic heterocycles. The number of carbonyl (C=O) groups is 1. The molecule has 0 bridgehead atoms. The summed E-state index contributed by atoms with van der Waals surface area (Å²) in [6, 6.07) is 11.9. The number of hydrogen-bond acceptors (Lipinski definition) is 4. The Kier molecular flexibility index (Phi) is 5.76. The Morgan fingerprint density at radius 2 is 1.63 bits per heavy atom. The molecule has 0 fully saturated rings. The number of nitrogens with one attached hydrogen (secondary N) is 2. The van der Waals surface area contributed by atoms with E-state index in [4.69, 9.17) is 0 Å². The lowest BCUT2D eigenvalue weighted by Crippen LogP contribution is -2.13. The number of anilines is 3. The van der Waals surface area contributed by atoms with Crippen LogP contribution in [0.5, 0.6) is 0 Å². The third-order valence-electron chi connectivity index (χ3n) is 4.23. The predicted octanol–water partition coefficient (Wildman–Crippen LogP) is 4.74. The topological polar surface area (TPSA) is 66.9 Å². The van der Waals surface area contributed by atoms with Crippen molar-refractivity contribution in [3.8, 4) is 0 Å². The Morgan fingerprint density at radius 1 is 1.00 bits per heavy atom. The second-order valence-corrected chi connectivity index (χ2v) is 6.04. The molecule has 0 aliphatic rings. The number of benzene rings is 2. The van der Waals surface area contributed by atoms with Crippen molar-refractivity contribution in [1.82, 2.24) is 9.97 Å². The SMILES string of the molecule is CCc1cccc(CC)c1Nc1ncc(C(=O)Nc2cccc(F)c2)cn1. The lowest BCUT2D eigenvalue weighted by atomic mass is 10.0. The number of amides is 1. The van der Waals surface area contributed by atoms with Crippen molar-refractivity contribution in [2.24, 2.45) is 0 Å². The summed E-state index contributed by atoms with van der Waals surface area (Å²) in [6.07, 6.45) is 4.68. The van der Waals surface area contributed by atoms with Crippen LogP contribution in [0.25, 0.3) is 0 Å². The minimum Gasteiger partial charge on any atom is -0.324 e. The first-order valence-electron chi connectivity index (χ1n) is 8.87. The van der Waals surface area contributed by atoms with Gasteiger partial charge in [-0.25, -0.2) is 14.4 Å². The molecule has 0 spiro atoms. The van der Waals surface area contributed by atoms with Gasteiger partial charge in [0.2, 0.25) is 5.95 Å². The molecule has 0 radical (unpaired) electrons. The summed E-state index contributed by atoms with van der Waals surface area (Å²) in [4.78, 5) is 20.8. The normalized spacial score (nSPS) is 10.5. The average molecular weight is 364 g/mol. The molecule has 0 saturated heterocycles. The van der Waals surface area contributed by atoms with Crippen molar-refractivity contribution < 1.29 is 9.18 Å². The summed E-state index contributed by atoms with van der Waals surface area (Å²) in [6.45, 7) is 4.20. The van der Waals surface area contributed by atoms with Crippen LogP contribution in [0.4, 0.5) is 21.7 Å². The fourth-order valence-electron chi connectivity index (χ4n) is 2.79. The molecule has 1 heterocycles. The molecule has 3 aromatic rings. The second-order valence-electron chi connectivity index (χ2n) is 6.04. The van der Waals surface area contributed by atoms with E-state index < -0.39 is 11.7 Å². The van der Waals surface area contributed by atoms with E-state index in [1.54, 1.807) is 6.07 Å².